The van der Waals surface area contributed by atoms with Crippen molar-refractivity contribution in [3.05, 3.63) is 23.3 Å². The van der Waals surface area contributed by atoms with Crippen LogP contribution in [-0.4, -0.2) is 10.3 Å². The third-order valence-electron chi connectivity index (χ3n) is 2.11. The van der Waals surface area contributed by atoms with Gasteiger partial charge in [0.05, 0.1) is 4.70 Å². The number of fused-ring (bicyclic) bond motifs is 1. The summed E-state index contributed by atoms with van der Waals surface area (Å²) in [5, 5.41) is 0.887. The molecule has 0 spiro atoms. The fourth-order valence-electron chi connectivity index (χ4n) is 1.38. The molecule has 0 bridgehead atoms. The zero-order valence-electron chi connectivity index (χ0n) is 7.57. The predicted molar refractivity (Wildman–Crippen MR) is 57.3 cm³/mol. The number of anilines is 1. The van der Waals surface area contributed by atoms with Gasteiger partial charge in [0.1, 0.15) is 5.82 Å². The third kappa shape index (κ3) is 1.22. The van der Waals surface area contributed by atoms with Crippen LogP contribution in [0, 0.1) is 6.92 Å². The third-order valence-corrected chi connectivity index (χ3v) is 2.93. The van der Waals surface area contributed by atoms with Crippen LogP contribution in [0.25, 0.3) is 10.1 Å². The lowest BCUT2D eigenvalue weighted by Gasteiger charge is -2.00. The number of carbonyl (C=O) groups excluding carboxylic acids is 1. The minimum absolute atomic E-state index is 0.420. The second-order valence-corrected chi connectivity index (χ2v) is 3.90. The van der Waals surface area contributed by atoms with Gasteiger partial charge >= 0.3 is 0 Å². The summed E-state index contributed by atoms with van der Waals surface area (Å²) in [5.41, 5.74) is 12.2. The van der Waals surface area contributed by atoms with Gasteiger partial charge in [-0.1, -0.05) is 0 Å². The van der Waals surface area contributed by atoms with Gasteiger partial charge in [0, 0.05) is 10.9 Å². The SMILES string of the molecule is Cc1cc2c(N)nsc2cc1C(N)=O. The summed E-state index contributed by atoms with van der Waals surface area (Å²) < 4.78 is 4.90. The highest BCUT2D eigenvalue weighted by Gasteiger charge is 2.10. The summed E-state index contributed by atoms with van der Waals surface area (Å²) in [7, 11) is 0. The number of hydrogen-bond acceptors (Lipinski definition) is 4. The number of amides is 1. The fourth-order valence-corrected chi connectivity index (χ4v) is 2.10. The minimum atomic E-state index is -0.420. The molecule has 5 heteroatoms. The van der Waals surface area contributed by atoms with Crippen LogP contribution in [0.5, 0.6) is 0 Å². The minimum Gasteiger partial charge on any atom is -0.382 e. The zero-order chi connectivity index (χ0) is 10.3. The number of aryl methyl sites for hydroxylation is 1. The average molecular weight is 207 g/mol. The molecule has 1 aromatic carbocycles. The van der Waals surface area contributed by atoms with E-state index in [4.69, 9.17) is 11.5 Å². The molecule has 0 saturated carbocycles. The van der Waals surface area contributed by atoms with Crippen LogP contribution in [0.4, 0.5) is 5.82 Å². The molecule has 14 heavy (non-hydrogen) atoms. The number of primary amides is 1. The summed E-state index contributed by atoms with van der Waals surface area (Å²) in [6.07, 6.45) is 0. The highest BCUT2D eigenvalue weighted by atomic mass is 32.1. The Bertz CT molecular complexity index is 518. The topological polar surface area (TPSA) is 82.0 Å². The lowest BCUT2D eigenvalue weighted by molar-refractivity contribution is 0.1000. The van der Waals surface area contributed by atoms with Gasteiger partial charge in [-0.15, -0.1) is 0 Å². The van der Waals surface area contributed by atoms with Crippen molar-refractivity contribution < 1.29 is 4.79 Å². The van der Waals surface area contributed by atoms with Crippen LogP contribution in [-0.2, 0) is 0 Å². The molecule has 4 nitrogen and oxygen atoms in total. The first-order chi connectivity index (χ1) is 6.59. The second-order valence-electron chi connectivity index (χ2n) is 3.10. The smallest absolute Gasteiger partial charge is 0.249 e. The number of carbonyl (C=O) groups is 1. The maximum atomic E-state index is 11.0. The predicted octanol–water partition coefficient (Wildman–Crippen LogP) is 1.29. The lowest BCUT2D eigenvalue weighted by atomic mass is 10.1. The van der Waals surface area contributed by atoms with Crippen molar-refractivity contribution in [3.8, 4) is 0 Å². The average Bonchev–Trinajstić information content (AvgIpc) is 2.46. The highest BCUT2D eigenvalue weighted by Crippen LogP contribution is 2.27. The molecular weight excluding hydrogens is 198 g/mol. The van der Waals surface area contributed by atoms with Gasteiger partial charge in [-0.3, -0.25) is 4.79 Å². The van der Waals surface area contributed by atoms with Gasteiger partial charge < -0.3 is 11.5 Å². The second kappa shape index (κ2) is 2.95. The summed E-state index contributed by atoms with van der Waals surface area (Å²) in [5.74, 6) is 0.0838. The number of nitrogens with two attached hydrogens (primary N) is 2. The van der Waals surface area contributed by atoms with Gasteiger partial charge in [-0.05, 0) is 36.2 Å². The van der Waals surface area contributed by atoms with Crippen LogP contribution in [0.2, 0.25) is 0 Å². The molecular formula is C9H9N3OS. The number of aromatic nitrogens is 1. The van der Waals surface area contributed by atoms with Gasteiger partial charge in [0.25, 0.3) is 0 Å². The molecule has 1 heterocycles. The summed E-state index contributed by atoms with van der Waals surface area (Å²) in [4.78, 5) is 11.0. The van der Waals surface area contributed by atoms with Crippen molar-refractivity contribution in [2.45, 2.75) is 6.92 Å². The number of hydrogen-bond donors (Lipinski definition) is 2. The van der Waals surface area contributed by atoms with E-state index in [2.05, 4.69) is 4.37 Å². The van der Waals surface area contributed by atoms with E-state index < -0.39 is 5.91 Å². The Morgan fingerprint density at radius 2 is 2.21 bits per heavy atom. The molecule has 0 aliphatic rings. The zero-order valence-corrected chi connectivity index (χ0v) is 8.39. The Labute approximate surface area is 84.7 Å². The Kier molecular flexibility index (Phi) is 1.89. The molecule has 0 unspecified atom stereocenters. The summed E-state index contributed by atoms with van der Waals surface area (Å²) in [6.45, 7) is 1.83. The normalized spacial score (nSPS) is 10.6. The van der Waals surface area contributed by atoms with Crippen LogP contribution < -0.4 is 11.5 Å². The number of nitrogen functional groups attached to an aromatic ring is 1. The number of nitrogens with zero attached hydrogens (tertiary/aromatic N) is 1. The Balaban J connectivity index is 2.79. The Morgan fingerprint density at radius 3 is 2.86 bits per heavy atom. The lowest BCUT2D eigenvalue weighted by Crippen LogP contribution is -2.12. The van der Waals surface area contributed by atoms with E-state index in [0.29, 0.717) is 11.4 Å². The molecule has 0 aliphatic carbocycles. The van der Waals surface area contributed by atoms with Crippen molar-refractivity contribution in [2.24, 2.45) is 5.73 Å². The number of benzene rings is 1. The van der Waals surface area contributed by atoms with Crippen molar-refractivity contribution >= 4 is 33.3 Å². The van der Waals surface area contributed by atoms with Crippen molar-refractivity contribution in [2.75, 3.05) is 5.73 Å². The molecule has 4 N–H and O–H groups in total. The Hall–Kier alpha value is -1.62. The van der Waals surface area contributed by atoms with E-state index in [1.54, 1.807) is 6.07 Å². The maximum absolute atomic E-state index is 11.0. The van der Waals surface area contributed by atoms with Crippen LogP contribution >= 0.6 is 11.5 Å². The van der Waals surface area contributed by atoms with E-state index in [0.717, 1.165) is 15.6 Å². The first-order valence-electron chi connectivity index (χ1n) is 4.05. The van der Waals surface area contributed by atoms with Crippen LogP contribution in [0.1, 0.15) is 15.9 Å². The van der Waals surface area contributed by atoms with Gasteiger partial charge in [-0.2, -0.15) is 4.37 Å². The molecule has 0 saturated heterocycles. The van der Waals surface area contributed by atoms with E-state index >= 15 is 0 Å². The van der Waals surface area contributed by atoms with Gasteiger partial charge in [0.15, 0.2) is 0 Å². The van der Waals surface area contributed by atoms with E-state index in [-0.39, 0.29) is 0 Å². The van der Waals surface area contributed by atoms with Crippen LogP contribution in [0.3, 0.4) is 0 Å². The van der Waals surface area contributed by atoms with Crippen LogP contribution in [0.15, 0.2) is 12.1 Å². The molecule has 72 valence electrons. The maximum Gasteiger partial charge on any atom is 0.249 e. The molecule has 0 radical (unpaired) electrons. The summed E-state index contributed by atoms with van der Waals surface area (Å²) in [6, 6.07) is 3.58. The monoisotopic (exact) mass is 207 g/mol. The summed E-state index contributed by atoms with van der Waals surface area (Å²) >= 11 is 1.27. The molecule has 1 amide bonds. The molecule has 2 rings (SSSR count). The molecule has 0 atom stereocenters. The van der Waals surface area contributed by atoms with Gasteiger partial charge in [-0.25, -0.2) is 0 Å². The van der Waals surface area contributed by atoms with E-state index in [9.17, 15) is 4.79 Å². The van der Waals surface area contributed by atoms with E-state index in [1.807, 2.05) is 13.0 Å². The molecule has 0 fully saturated rings. The largest absolute Gasteiger partial charge is 0.382 e. The van der Waals surface area contributed by atoms with Crippen molar-refractivity contribution in [1.29, 1.82) is 0 Å². The fraction of sp³-hybridized carbons (Fsp3) is 0.111. The highest BCUT2D eigenvalue weighted by molar-refractivity contribution is 7.13. The standard InChI is InChI=1S/C9H9N3OS/c1-4-2-6-7(14-12-8(6)10)3-5(4)9(11)13/h2-3H,1H3,(H2,10,12)(H2,11,13). The van der Waals surface area contributed by atoms with Crippen molar-refractivity contribution in [3.63, 3.8) is 0 Å². The van der Waals surface area contributed by atoms with Crippen molar-refractivity contribution in [1.82, 2.24) is 4.37 Å². The first kappa shape index (κ1) is 8.96. The van der Waals surface area contributed by atoms with Gasteiger partial charge in [0.2, 0.25) is 5.91 Å². The quantitative estimate of drug-likeness (QED) is 0.739. The molecule has 1 aromatic heterocycles. The molecule has 0 aliphatic heterocycles. The first-order valence-corrected chi connectivity index (χ1v) is 4.82. The Morgan fingerprint density at radius 1 is 1.50 bits per heavy atom. The number of rotatable bonds is 1. The van der Waals surface area contributed by atoms with E-state index in [1.165, 1.54) is 11.5 Å². The molecule has 2 aromatic rings.